The summed E-state index contributed by atoms with van der Waals surface area (Å²) < 4.78 is 14.6. The number of carbonyl (C=O) groups excluding carboxylic acids is 2. The Bertz CT molecular complexity index is 2390. The van der Waals surface area contributed by atoms with Gasteiger partial charge in [0.2, 0.25) is 11.8 Å². The minimum Gasteiger partial charge on any atom is -0.481 e. The molecule has 1 atom stereocenters. The number of fused-ring (bicyclic) bond motifs is 1. The van der Waals surface area contributed by atoms with E-state index in [2.05, 4.69) is 5.32 Å². The van der Waals surface area contributed by atoms with E-state index in [1.165, 1.54) is 7.11 Å². The zero-order valence-corrected chi connectivity index (χ0v) is 33.7. The van der Waals surface area contributed by atoms with Crippen molar-refractivity contribution in [1.29, 1.82) is 0 Å². The zero-order chi connectivity index (χ0) is 40.1. The first-order chi connectivity index (χ1) is 26.5. The van der Waals surface area contributed by atoms with Crippen molar-refractivity contribution in [3.8, 4) is 39.4 Å². The Hall–Kier alpha value is -4.95. The number of nitrogens with one attached hydrogen (secondary N) is 1. The average Bonchev–Trinajstić information content (AvgIpc) is 3.75. The van der Waals surface area contributed by atoms with Crippen LogP contribution in [0.4, 0.5) is 4.79 Å². The van der Waals surface area contributed by atoms with Gasteiger partial charge in [0, 0.05) is 78.7 Å². The second-order valence-electron chi connectivity index (χ2n) is 15.8. The average molecular weight is 803 g/mol. The summed E-state index contributed by atoms with van der Waals surface area (Å²) in [4.78, 5) is 47.0. The van der Waals surface area contributed by atoms with Crippen molar-refractivity contribution in [1.82, 2.24) is 34.3 Å². The maximum atomic E-state index is 13.4. The summed E-state index contributed by atoms with van der Waals surface area (Å²) in [6, 6.07) is 16.5. The molecule has 2 aliphatic heterocycles. The number of pyridine rings is 1. The molecule has 2 aliphatic rings. The van der Waals surface area contributed by atoms with E-state index in [1.807, 2.05) is 53.4 Å². The van der Waals surface area contributed by atoms with Crippen molar-refractivity contribution in [2.24, 2.45) is 7.05 Å². The van der Waals surface area contributed by atoms with Gasteiger partial charge in [0.1, 0.15) is 16.9 Å². The van der Waals surface area contributed by atoms with Crippen LogP contribution in [0.2, 0.25) is 10.0 Å². The van der Waals surface area contributed by atoms with Crippen molar-refractivity contribution in [2.45, 2.75) is 70.9 Å². The molecule has 0 radical (unpaired) electrons. The second-order valence-corrected chi connectivity index (χ2v) is 16.6. The van der Waals surface area contributed by atoms with Gasteiger partial charge in [0.05, 0.1) is 41.5 Å². The highest BCUT2D eigenvalue weighted by Gasteiger charge is 2.37. The normalized spacial score (nSPS) is 16.8. The Morgan fingerprint density at radius 2 is 1.70 bits per heavy atom. The number of benzene rings is 2. The van der Waals surface area contributed by atoms with E-state index in [-0.39, 0.29) is 30.6 Å². The lowest BCUT2D eigenvalue weighted by atomic mass is 9.97. The third kappa shape index (κ3) is 8.13. The van der Waals surface area contributed by atoms with Crippen LogP contribution in [-0.4, -0.2) is 90.1 Å². The number of halogens is 2. The fraction of sp³-hybridized carbons (Fsp3) is 0.390. The van der Waals surface area contributed by atoms with Crippen LogP contribution in [0.15, 0.2) is 65.6 Å². The number of carbonyl (C=O) groups is 2. The first-order valence-corrected chi connectivity index (χ1v) is 19.2. The van der Waals surface area contributed by atoms with Gasteiger partial charge in [-0.15, -0.1) is 0 Å². The van der Waals surface area contributed by atoms with Gasteiger partial charge in [-0.05, 0) is 52.3 Å². The molecule has 0 saturated carbocycles. The second kappa shape index (κ2) is 15.2. The Balaban J connectivity index is 1.17. The minimum absolute atomic E-state index is 0.0396. The number of methoxy groups -OCH3 is 1. The summed E-state index contributed by atoms with van der Waals surface area (Å²) in [5.74, 6) is 0.858. The number of aliphatic hydroxyl groups is 1. The third-order valence-electron chi connectivity index (χ3n) is 9.97. The number of amides is 2. The van der Waals surface area contributed by atoms with E-state index in [1.54, 1.807) is 61.0 Å². The molecule has 2 N–H and O–H groups in total. The molecule has 2 fully saturated rings. The maximum Gasteiger partial charge on any atom is 0.410 e. The highest BCUT2D eigenvalue weighted by Crippen LogP contribution is 2.42. The van der Waals surface area contributed by atoms with Crippen LogP contribution in [0.3, 0.4) is 0 Å². The highest BCUT2D eigenvalue weighted by molar-refractivity contribution is 6.39. The summed E-state index contributed by atoms with van der Waals surface area (Å²) in [5, 5.41) is 18.7. The molecular formula is C41H45Cl2N7O6. The molecule has 5 heterocycles. The van der Waals surface area contributed by atoms with E-state index in [0.717, 1.165) is 5.56 Å². The molecule has 3 aromatic heterocycles. The van der Waals surface area contributed by atoms with E-state index < -0.39 is 17.3 Å². The van der Waals surface area contributed by atoms with Gasteiger partial charge in [0.25, 0.3) is 5.56 Å². The van der Waals surface area contributed by atoms with Crippen LogP contribution in [0, 0.1) is 0 Å². The topological polar surface area (TPSA) is 144 Å². The van der Waals surface area contributed by atoms with Gasteiger partial charge in [-0.1, -0.05) is 59.6 Å². The molecule has 56 heavy (non-hydrogen) atoms. The fourth-order valence-corrected chi connectivity index (χ4v) is 7.98. The highest BCUT2D eigenvalue weighted by atomic mass is 35.5. The largest absolute Gasteiger partial charge is 0.481 e. The van der Waals surface area contributed by atoms with Crippen LogP contribution >= 0.6 is 23.2 Å². The van der Waals surface area contributed by atoms with Crippen LogP contribution in [0.1, 0.15) is 51.9 Å². The van der Waals surface area contributed by atoms with E-state index >= 15 is 0 Å². The lowest BCUT2D eigenvalue weighted by Crippen LogP contribution is -2.59. The number of aromatic nitrogens is 4. The molecule has 2 amide bonds. The van der Waals surface area contributed by atoms with Crippen LogP contribution in [-0.2, 0) is 29.7 Å². The van der Waals surface area contributed by atoms with Crippen molar-refractivity contribution >= 4 is 40.7 Å². The van der Waals surface area contributed by atoms with E-state index in [4.69, 9.17) is 42.8 Å². The van der Waals surface area contributed by atoms with Gasteiger partial charge in [0.15, 0.2) is 0 Å². The Labute approximate surface area is 334 Å². The first-order valence-electron chi connectivity index (χ1n) is 18.4. The number of rotatable bonds is 10. The number of hydrogen-bond donors (Lipinski definition) is 2. The summed E-state index contributed by atoms with van der Waals surface area (Å²) >= 11 is 14.3. The molecule has 0 unspecified atom stereocenters. The predicted octanol–water partition coefficient (Wildman–Crippen LogP) is 6.33. The molecule has 0 spiro atoms. The number of β-amino-alcohol motifs (C(OH)–C–C–N with tert-alkyl or cyclic N) is 1. The summed E-state index contributed by atoms with van der Waals surface area (Å²) in [5.41, 5.74) is 3.42. The molecule has 5 aromatic rings. The monoisotopic (exact) mass is 801 g/mol. The number of ether oxygens (including phenoxy) is 2. The minimum atomic E-state index is -0.730. The molecule has 294 valence electrons. The summed E-state index contributed by atoms with van der Waals surface area (Å²) in [6.45, 7) is 9.09. The quantitative estimate of drug-likeness (QED) is 0.166. The Morgan fingerprint density at radius 1 is 1.04 bits per heavy atom. The molecule has 0 aliphatic carbocycles. The van der Waals surface area contributed by atoms with Crippen LogP contribution in [0.5, 0.6) is 5.88 Å². The number of hydrogen-bond acceptors (Lipinski definition) is 9. The molecule has 7 rings (SSSR count). The van der Waals surface area contributed by atoms with Crippen molar-refractivity contribution in [3.05, 3.63) is 92.6 Å². The van der Waals surface area contributed by atoms with Crippen molar-refractivity contribution < 1.29 is 24.2 Å². The summed E-state index contributed by atoms with van der Waals surface area (Å²) in [6.07, 6.45) is 2.33. The van der Waals surface area contributed by atoms with Crippen LogP contribution in [0.25, 0.3) is 39.0 Å². The lowest BCUT2D eigenvalue weighted by molar-refractivity contribution is -0.119. The zero-order valence-electron chi connectivity index (χ0n) is 32.2. The number of nitrogens with zero attached hydrogens (tertiary/aromatic N) is 6. The van der Waals surface area contributed by atoms with Gasteiger partial charge in [-0.2, -0.15) is 5.10 Å². The molecule has 13 nitrogen and oxygen atoms in total. The molecule has 0 bridgehead atoms. The van der Waals surface area contributed by atoms with Gasteiger partial charge in [-0.3, -0.25) is 19.1 Å². The Kier molecular flexibility index (Phi) is 10.7. The standard InChI is InChI=1S/C41H45Cl2N7O6/c1-40(2,3)56-39(53)49(20-26-14-16-34(51)44-26)18-24-13-15-31(45-37(24)55-6)30-12-8-11-29(36(30)43)28-10-7-9-27(35(28)42)25-17-32-38(52)47(5)33(46-50(32)19-25)21-48-22-41(4,54)23-48/h7-13,15,17,19,26,54H,14,16,18,20-23H2,1-6H3,(H,44,51)/t26-/m0/s1. The SMILES string of the molecule is COc1nc(-c2cccc(-c3cccc(-c4cc5c(=O)n(C)c(CN6CC(C)(O)C6)nn5c4)c3Cl)c2Cl)ccc1CN(C[C@@H]1CCC(=O)N1)C(=O)OC(C)(C)C. The van der Waals surface area contributed by atoms with E-state index in [9.17, 15) is 19.5 Å². The molecule has 2 aromatic carbocycles. The number of likely N-dealkylation sites (tertiary alicyclic amines) is 1. The van der Waals surface area contributed by atoms with Crippen molar-refractivity contribution in [2.75, 3.05) is 26.7 Å². The predicted molar refractivity (Wildman–Crippen MR) is 215 cm³/mol. The molecule has 2 saturated heterocycles. The maximum absolute atomic E-state index is 13.4. The molecule has 15 heteroatoms. The fourth-order valence-electron chi connectivity index (χ4n) is 7.32. The van der Waals surface area contributed by atoms with Gasteiger partial charge < -0.3 is 24.8 Å². The smallest absolute Gasteiger partial charge is 0.410 e. The van der Waals surface area contributed by atoms with E-state index in [0.29, 0.717) is 93.3 Å². The van der Waals surface area contributed by atoms with Crippen LogP contribution < -0.4 is 15.6 Å². The third-order valence-corrected chi connectivity index (χ3v) is 10.8. The summed E-state index contributed by atoms with van der Waals surface area (Å²) in [7, 11) is 3.22. The first kappa shape index (κ1) is 39.3. The molecular weight excluding hydrogens is 757 g/mol. The lowest BCUT2D eigenvalue weighted by Gasteiger charge is -2.44. The van der Waals surface area contributed by atoms with Gasteiger partial charge in [-0.25, -0.2) is 14.3 Å². The Morgan fingerprint density at radius 3 is 2.32 bits per heavy atom. The van der Waals surface area contributed by atoms with Crippen molar-refractivity contribution in [3.63, 3.8) is 0 Å². The van der Waals surface area contributed by atoms with Gasteiger partial charge >= 0.3 is 6.09 Å².